The lowest BCUT2D eigenvalue weighted by Crippen LogP contribution is -2.52. The van der Waals surface area contributed by atoms with Gasteiger partial charge in [0.25, 0.3) is 0 Å². The Morgan fingerprint density at radius 3 is 2.43 bits per heavy atom. The molecule has 0 bridgehead atoms. The lowest BCUT2D eigenvalue weighted by Gasteiger charge is -2.39. The number of nitrogens with zero attached hydrogens (tertiary/aromatic N) is 1. The smallest absolute Gasteiger partial charge is 0.315 e. The minimum absolute atomic E-state index is 0.00401. The predicted molar refractivity (Wildman–Crippen MR) is 84.3 cm³/mol. The Labute approximate surface area is 128 Å². The van der Waals surface area contributed by atoms with Gasteiger partial charge in [0.05, 0.1) is 12.6 Å². The van der Waals surface area contributed by atoms with Gasteiger partial charge in [-0.15, -0.1) is 0 Å². The number of aliphatic hydroxyl groups excluding tert-OH is 1. The summed E-state index contributed by atoms with van der Waals surface area (Å²) in [6.07, 6.45) is 9.71. The van der Waals surface area contributed by atoms with Crippen molar-refractivity contribution < 1.29 is 9.90 Å². The summed E-state index contributed by atoms with van der Waals surface area (Å²) < 4.78 is 0. The fraction of sp³-hybridized carbons (Fsp3) is 0.938. The van der Waals surface area contributed by atoms with Gasteiger partial charge >= 0.3 is 6.03 Å². The van der Waals surface area contributed by atoms with Gasteiger partial charge in [-0.3, -0.25) is 0 Å². The SMILES string of the molecule is CCC(CO)NC(=O)NC1CCN(C2CCCCC2)CC1. The van der Waals surface area contributed by atoms with Gasteiger partial charge in [0.1, 0.15) is 0 Å². The van der Waals surface area contributed by atoms with E-state index in [4.69, 9.17) is 5.11 Å². The molecule has 2 fully saturated rings. The molecule has 2 rings (SSSR count). The van der Waals surface area contributed by atoms with Crippen LogP contribution in [0, 0.1) is 0 Å². The molecule has 1 unspecified atom stereocenters. The number of amides is 2. The molecule has 122 valence electrons. The van der Waals surface area contributed by atoms with Crippen LogP contribution in [0.4, 0.5) is 4.79 Å². The van der Waals surface area contributed by atoms with Gasteiger partial charge in [-0.1, -0.05) is 26.2 Å². The molecule has 1 saturated heterocycles. The van der Waals surface area contributed by atoms with Gasteiger partial charge in [0, 0.05) is 25.2 Å². The van der Waals surface area contributed by atoms with E-state index in [9.17, 15) is 4.79 Å². The largest absolute Gasteiger partial charge is 0.394 e. The van der Waals surface area contributed by atoms with Crippen LogP contribution in [0.2, 0.25) is 0 Å². The average Bonchev–Trinajstić information content (AvgIpc) is 2.54. The number of carbonyl (C=O) groups excluding carboxylic acids is 1. The lowest BCUT2D eigenvalue weighted by molar-refractivity contribution is 0.116. The maximum Gasteiger partial charge on any atom is 0.315 e. The van der Waals surface area contributed by atoms with E-state index >= 15 is 0 Å². The van der Waals surface area contributed by atoms with Crippen LogP contribution in [0.25, 0.3) is 0 Å². The first-order valence-corrected chi connectivity index (χ1v) is 8.64. The summed E-state index contributed by atoms with van der Waals surface area (Å²) in [6.45, 7) is 4.17. The standard InChI is InChI=1S/C16H31N3O2/c1-2-13(12-20)17-16(21)18-14-8-10-19(11-9-14)15-6-4-3-5-7-15/h13-15,20H,2-12H2,1H3,(H2,17,18,21). The number of urea groups is 1. The number of aliphatic hydroxyl groups is 1. The fourth-order valence-electron chi connectivity index (χ4n) is 3.54. The molecule has 1 saturated carbocycles. The molecule has 5 nitrogen and oxygen atoms in total. The summed E-state index contributed by atoms with van der Waals surface area (Å²) in [7, 11) is 0. The van der Waals surface area contributed by atoms with Gasteiger partial charge in [0.15, 0.2) is 0 Å². The zero-order valence-electron chi connectivity index (χ0n) is 13.3. The number of hydrogen-bond acceptors (Lipinski definition) is 3. The molecule has 0 spiro atoms. The first kappa shape index (κ1) is 16.6. The first-order valence-electron chi connectivity index (χ1n) is 8.64. The second kappa shape index (κ2) is 8.59. The van der Waals surface area contributed by atoms with Gasteiger partial charge < -0.3 is 20.6 Å². The number of nitrogens with one attached hydrogen (secondary N) is 2. The molecule has 2 aliphatic rings. The van der Waals surface area contributed by atoms with Crippen LogP contribution < -0.4 is 10.6 Å². The molecule has 5 heteroatoms. The quantitative estimate of drug-likeness (QED) is 0.725. The maximum atomic E-state index is 11.9. The second-order valence-electron chi connectivity index (χ2n) is 6.51. The highest BCUT2D eigenvalue weighted by molar-refractivity contribution is 5.74. The summed E-state index contributed by atoms with van der Waals surface area (Å²) in [5.41, 5.74) is 0. The molecular weight excluding hydrogens is 266 g/mol. The highest BCUT2D eigenvalue weighted by Crippen LogP contribution is 2.25. The third-order valence-electron chi connectivity index (χ3n) is 5.00. The molecule has 1 heterocycles. The van der Waals surface area contributed by atoms with Crippen molar-refractivity contribution in [2.45, 2.75) is 76.4 Å². The van der Waals surface area contributed by atoms with Crippen LogP contribution in [0.15, 0.2) is 0 Å². The van der Waals surface area contributed by atoms with E-state index in [0.29, 0.717) is 0 Å². The minimum atomic E-state index is -0.132. The van der Waals surface area contributed by atoms with E-state index < -0.39 is 0 Å². The Morgan fingerprint density at radius 2 is 1.86 bits per heavy atom. The van der Waals surface area contributed by atoms with Gasteiger partial charge in [0.2, 0.25) is 0 Å². The van der Waals surface area contributed by atoms with E-state index in [2.05, 4.69) is 15.5 Å². The summed E-state index contributed by atoms with van der Waals surface area (Å²) in [5.74, 6) is 0. The molecule has 0 aromatic rings. The van der Waals surface area contributed by atoms with Crippen molar-refractivity contribution in [3.63, 3.8) is 0 Å². The van der Waals surface area contributed by atoms with E-state index in [0.717, 1.165) is 38.4 Å². The number of hydrogen-bond donors (Lipinski definition) is 3. The first-order chi connectivity index (χ1) is 10.2. The summed E-state index contributed by atoms with van der Waals surface area (Å²) >= 11 is 0. The Bertz CT molecular complexity index is 307. The molecular formula is C16H31N3O2. The Morgan fingerprint density at radius 1 is 1.19 bits per heavy atom. The molecule has 0 aromatic heterocycles. The Kier molecular flexibility index (Phi) is 6.77. The number of piperidine rings is 1. The van der Waals surface area contributed by atoms with Crippen LogP contribution in [-0.2, 0) is 0 Å². The molecule has 0 radical (unpaired) electrons. The van der Waals surface area contributed by atoms with Crippen molar-refractivity contribution in [2.24, 2.45) is 0 Å². The molecule has 0 aromatic carbocycles. The van der Waals surface area contributed by atoms with Crippen LogP contribution in [0.5, 0.6) is 0 Å². The Hall–Kier alpha value is -0.810. The molecule has 1 aliphatic carbocycles. The minimum Gasteiger partial charge on any atom is -0.394 e. The van der Waals surface area contributed by atoms with E-state index in [1.165, 1.54) is 32.1 Å². The number of carbonyl (C=O) groups is 1. The summed E-state index contributed by atoms with van der Waals surface area (Å²) in [5, 5.41) is 15.0. The van der Waals surface area contributed by atoms with Gasteiger partial charge in [-0.25, -0.2) is 4.79 Å². The van der Waals surface area contributed by atoms with E-state index in [-0.39, 0.29) is 24.7 Å². The van der Waals surface area contributed by atoms with Crippen LogP contribution >= 0.6 is 0 Å². The van der Waals surface area contributed by atoms with Crippen LogP contribution in [-0.4, -0.2) is 53.9 Å². The molecule has 2 amide bonds. The van der Waals surface area contributed by atoms with Crippen molar-refractivity contribution in [3.8, 4) is 0 Å². The molecule has 1 aliphatic heterocycles. The zero-order valence-corrected chi connectivity index (χ0v) is 13.3. The summed E-state index contributed by atoms with van der Waals surface area (Å²) in [4.78, 5) is 14.5. The summed E-state index contributed by atoms with van der Waals surface area (Å²) in [6, 6.07) is 0.799. The third kappa shape index (κ3) is 5.15. The molecule has 21 heavy (non-hydrogen) atoms. The normalized spacial score (nSPS) is 23.7. The van der Waals surface area contributed by atoms with Crippen molar-refractivity contribution >= 4 is 6.03 Å². The lowest BCUT2D eigenvalue weighted by atomic mass is 9.92. The molecule has 1 atom stereocenters. The van der Waals surface area contributed by atoms with Crippen molar-refractivity contribution in [2.75, 3.05) is 19.7 Å². The van der Waals surface area contributed by atoms with E-state index in [1.807, 2.05) is 6.92 Å². The number of rotatable bonds is 5. The number of likely N-dealkylation sites (tertiary alicyclic amines) is 1. The average molecular weight is 297 g/mol. The van der Waals surface area contributed by atoms with E-state index in [1.54, 1.807) is 0 Å². The third-order valence-corrected chi connectivity index (χ3v) is 5.00. The predicted octanol–water partition coefficient (Wildman–Crippen LogP) is 1.85. The van der Waals surface area contributed by atoms with Crippen molar-refractivity contribution in [3.05, 3.63) is 0 Å². The van der Waals surface area contributed by atoms with Crippen molar-refractivity contribution in [1.29, 1.82) is 0 Å². The Balaban J connectivity index is 1.67. The topological polar surface area (TPSA) is 64.6 Å². The maximum absolute atomic E-state index is 11.9. The monoisotopic (exact) mass is 297 g/mol. The van der Waals surface area contributed by atoms with Gasteiger partial charge in [-0.05, 0) is 32.1 Å². The van der Waals surface area contributed by atoms with Crippen LogP contribution in [0.1, 0.15) is 58.3 Å². The van der Waals surface area contributed by atoms with Gasteiger partial charge in [-0.2, -0.15) is 0 Å². The highest BCUT2D eigenvalue weighted by atomic mass is 16.3. The van der Waals surface area contributed by atoms with Crippen LogP contribution in [0.3, 0.4) is 0 Å². The second-order valence-corrected chi connectivity index (χ2v) is 6.51. The fourth-order valence-corrected chi connectivity index (χ4v) is 3.54. The zero-order chi connectivity index (χ0) is 15.1. The highest BCUT2D eigenvalue weighted by Gasteiger charge is 2.26. The molecule has 3 N–H and O–H groups in total. The van der Waals surface area contributed by atoms with Crippen molar-refractivity contribution in [1.82, 2.24) is 15.5 Å².